The van der Waals surface area contributed by atoms with Crippen LogP contribution < -0.4 is 15.5 Å². The summed E-state index contributed by atoms with van der Waals surface area (Å²) in [7, 11) is 0. The van der Waals surface area contributed by atoms with Crippen molar-refractivity contribution in [2.24, 2.45) is 0 Å². The van der Waals surface area contributed by atoms with Gasteiger partial charge < -0.3 is 15.5 Å². The summed E-state index contributed by atoms with van der Waals surface area (Å²) >= 11 is 0. The van der Waals surface area contributed by atoms with Crippen LogP contribution in [0.1, 0.15) is 25.6 Å². The molecule has 1 aromatic rings. The van der Waals surface area contributed by atoms with Gasteiger partial charge in [-0.1, -0.05) is 6.92 Å². The van der Waals surface area contributed by atoms with Gasteiger partial charge in [-0.2, -0.15) is 0 Å². The fraction of sp³-hybridized carbons (Fsp3) is 0.692. The molecule has 1 aliphatic rings. The van der Waals surface area contributed by atoms with Gasteiger partial charge in [-0.05, 0) is 26.3 Å². The Bertz CT molecular complexity index is 372. The molecule has 0 atom stereocenters. The van der Waals surface area contributed by atoms with E-state index in [9.17, 15) is 0 Å². The molecular weight excluding hydrogens is 226 g/mol. The minimum absolute atomic E-state index is 0.836. The standard InChI is InChI=1S/C13H23N5/c1-3-5-15-12-10-13(17-11(2)16-12)18-8-4-6-14-7-9-18/h10,14H,3-9H2,1-2H3,(H,15,16,17). The predicted octanol–water partition coefficient (Wildman–Crippen LogP) is 1.41. The van der Waals surface area contributed by atoms with Gasteiger partial charge in [-0.15, -0.1) is 0 Å². The van der Waals surface area contributed by atoms with Gasteiger partial charge in [-0.3, -0.25) is 0 Å². The van der Waals surface area contributed by atoms with Gasteiger partial charge in [0.05, 0.1) is 0 Å². The molecule has 100 valence electrons. The van der Waals surface area contributed by atoms with Crippen molar-refractivity contribution in [2.45, 2.75) is 26.7 Å². The molecule has 1 fully saturated rings. The minimum Gasteiger partial charge on any atom is -0.370 e. The van der Waals surface area contributed by atoms with Crippen molar-refractivity contribution in [2.75, 3.05) is 42.9 Å². The lowest BCUT2D eigenvalue weighted by atomic mass is 10.3. The summed E-state index contributed by atoms with van der Waals surface area (Å²) in [5, 5.41) is 6.75. The lowest BCUT2D eigenvalue weighted by Gasteiger charge is -2.22. The number of hydrogen-bond donors (Lipinski definition) is 2. The molecule has 1 saturated heterocycles. The third kappa shape index (κ3) is 3.57. The summed E-state index contributed by atoms with van der Waals surface area (Å²) in [5.74, 6) is 2.82. The van der Waals surface area contributed by atoms with Crippen LogP contribution in [-0.4, -0.2) is 42.7 Å². The molecule has 5 heteroatoms. The predicted molar refractivity (Wildman–Crippen MR) is 75.2 cm³/mol. The van der Waals surface area contributed by atoms with Crippen LogP contribution in [0.5, 0.6) is 0 Å². The van der Waals surface area contributed by atoms with E-state index in [1.165, 1.54) is 6.42 Å². The highest BCUT2D eigenvalue weighted by molar-refractivity contribution is 5.49. The maximum Gasteiger partial charge on any atom is 0.134 e. The van der Waals surface area contributed by atoms with Gasteiger partial charge in [0, 0.05) is 32.2 Å². The topological polar surface area (TPSA) is 53.1 Å². The number of rotatable bonds is 4. The van der Waals surface area contributed by atoms with Gasteiger partial charge >= 0.3 is 0 Å². The molecule has 18 heavy (non-hydrogen) atoms. The number of aryl methyl sites for hydroxylation is 1. The van der Waals surface area contributed by atoms with E-state index in [1.807, 2.05) is 6.92 Å². The van der Waals surface area contributed by atoms with Crippen LogP contribution in [-0.2, 0) is 0 Å². The number of aromatic nitrogens is 2. The van der Waals surface area contributed by atoms with Crippen LogP contribution in [0.2, 0.25) is 0 Å². The highest BCUT2D eigenvalue weighted by Gasteiger charge is 2.12. The molecule has 2 N–H and O–H groups in total. The molecule has 0 saturated carbocycles. The normalized spacial score (nSPS) is 16.4. The second-order valence-corrected chi connectivity index (χ2v) is 4.68. The third-order valence-corrected chi connectivity index (χ3v) is 3.04. The van der Waals surface area contributed by atoms with Gasteiger partial charge in [0.15, 0.2) is 0 Å². The molecule has 1 aliphatic heterocycles. The Morgan fingerprint density at radius 3 is 3.06 bits per heavy atom. The Labute approximate surface area is 109 Å². The Hall–Kier alpha value is -1.36. The lowest BCUT2D eigenvalue weighted by molar-refractivity contribution is 0.724. The van der Waals surface area contributed by atoms with E-state index >= 15 is 0 Å². The average molecular weight is 249 g/mol. The van der Waals surface area contributed by atoms with E-state index in [2.05, 4.69) is 38.5 Å². The summed E-state index contributed by atoms with van der Waals surface area (Å²) < 4.78 is 0. The van der Waals surface area contributed by atoms with Crippen molar-refractivity contribution in [1.82, 2.24) is 15.3 Å². The SMILES string of the molecule is CCCNc1cc(N2CCCNCC2)nc(C)n1. The highest BCUT2D eigenvalue weighted by Crippen LogP contribution is 2.16. The van der Waals surface area contributed by atoms with Crippen molar-refractivity contribution in [3.63, 3.8) is 0 Å². The van der Waals surface area contributed by atoms with Gasteiger partial charge in [0.25, 0.3) is 0 Å². The fourth-order valence-corrected chi connectivity index (χ4v) is 2.13. The van der Waals surface area contributed by atoms with Crippen LogP contribution in [0.4, 0.5) is 11.6 Å². The molecule has 0 radical (unpaired) electrons. The van der Waals surface area contributed by atoms with E-state index in [1.54, 1.807) is 0 Å². The fourth-order valence-electron chi connectivity index (χ4n) is 2.13. The average Bonchev–Trinajstić information content (AvgIpc) is 2.64. The second kappa shape index (κ2) is 6.54. The van der Waals surface area contributed by atoms with Crippen LogP contribution in [0.3, 0.4) is 0 Å². The number of anilines is 2. The van der Waals surface area contributed by atoms with Crippen molar-refractivity contribution in [3.8, 4) is 0 Å². The first kappa shape index (κ1) is 13.1. The molecule has 2 rings (SSSR count). The van der Waals surface area contributed by atoms with E-state index in [4.69, 9.17) is 0 Å². The number of nitrogens with one attached hydrogen (secondary N) is 2. The first-order valence-corrected chi connectivity index (χ1v) is 6.85. The van der Waals surface area contributed by atoms with Crippen molar-refractivity contribution in [1.29, 1.82) is 0 Å². The lowest BCUT2D eigenvalue weighted by Crippen LogP contribution is -2.29. The molecule has 0 unspecified atom stereocenters. The third-order valence-electron chi connectivity index (χ3n) is 3.04. The summed E-state index contributed by atoms with van der Waals surface area (Å²) in [4.78, 5) is 11.3. The zero-order valence-electron chi connectivity index (χ0n) is 11.4. The molecule has 0 aromatic carbocycles. The zero-order chi connectivity index (χ0) is 12.8. The van der Waals surface area contributed by atoms with Crippen molar-refractivity contribution >= 4 is 11.6 Å². The van der Waals surface area contributed by atoms with Gasteiger partial charge in [0.2, 0.25) is 0 Å². The van der Waals surface area contributed by atoms with E-state index in [0.29, 0.717) is 0 Å². The largest absolute Gasteiger partial charge is 0.370 e. The van der Waals surface area contributed by atoms with Crippen molar-refractivity contribution < 1.29 is 0 Å². The first-order valence-electron chi connectivity index (χ1n) is 6.85. The van der Waals surface area contributed by atoms with Crippen LogP contribution in [0.15, 0.2) is 6.07 Å². The van der Waals surface area contributed by atoms with E-state index in [-0.39, 0.29) is 0 Å². The second-order valence-electron chi connectivity index (χ2n) is 4.68. The van der Waals surface area contributed by atoms with Crippen LogP contribution in [0, 0.1) is 6.92 Å². The molecular formula is C13H23N5. The van der Waals surface area contributed by atoms with Gasteiger partial charge in [0.1, 0.15) is 17.5 Å². The van der Waals surface area contributed by atoms with E-state index in [0.717, 1.165) is 56.6 Å². The van der Waals surface area contributed by atoms with Gasteiger partial charge in [-0.25, -0.2) is 9.97 Å². The van der Waals surface area contributed by atoms with Crippen LogP contribution in [0.25, 0.3) is 0 Å². The maximum absolute atomic E-state index is 4.55. The zero-order valence-corrected chi connectivity index (χ0v) is 11.4. The van der Waals surface area contributed by atoms with Crippen molar-refractivity contribution in [3.05, 3.63) is 11.9 Å². The maximum atomic E-state index is 4.55. The number of hydrogen-bond acceptors (Lipinski definition) is 5. The van der Waals surface area contributed by atoms with Crippen LogP contribution >= 0.6 is 0 Å². The quantitative estimate of drug-likeness (QED) is 0.845. The summed E-state index contributed by atoms with van der Waals surface area (Å²) in [6.07, 6.45) is 2.27. The molecule has 0 spiro atoms. The smallest absolute Gasteiger partial charge is 0.134 e. The Morgan fingerprint density at radius 2 is 2.22 bits per heavy atom. The molecule has 0 amide bonds. The molecule has 0 bridgehead atoms. The molecule has 2 heterocycles. The van der Waals surface area contributed by atoms with E-state index < -0.39 is 0 Å². The Kier molecular flexibility index (Phi) is 4.75. The summed E-state index contributed by atoms with van der Waals surface area (Å²) in [6, 6.07) is 2.06. The highest BCUT2D eigenvalue weighted by atomic mass is 15.2. The Morgan fingerprint density at radius 1 is 1.33 bits per heavy atom. The number of nitrogens with zero attached hydrogens (tertiary/aromatic N) is 3. The monoisotopic (exact) mass is 249 g/mol. The minimum atomic E-state index is 0.836. The molecule has 5 nitrogen and oxygen atoms in total. The molecule has 1 aromatic heterocycles. The Balaban J connectivity index is 2.12. The summed E-state index contributed by atoms with van der Waals surface area (Å²) in [5.41, 5.74) is 0. The molecule has 0 aliphatic carbocycles. The summed E-state index contributed by atoms with van der Waals surface area (Å²) in [6.45, 7) is 9.28. The first-order chi connectivity index (χ1) is 8.79.